The van der Waals surface area contributed by atoms with E-state index >= 15 is 0 Å². The van der Waals surface area contributed by atoms with Crippen molar-refractivity contribution in [1.29, 1.82) is 0 Å². The Morgan fingerprint density at radius 2 is 1.88 bits per heavy atom. The zero-order valence-corrected chi connectivity index (χ0v) is 13.1. The predicted molar refractivity (Wildman–Crippen MR) is 84.2 cm³/mol. The maximum atomic E-state index is 13.0. The average molecular weight is 348 g/mol. The molecule has 0 bridgehead atoms. The van der Waals surface area contributed by atoms with Gasteiger partial charge in [-0.3, -0.25) is 15.6 Å². The van der Waals surface area contributed by atoms with Gasteiger partial charge in [-0.1, -0.05) is 16.8 Å². The number of amides is 1. The quantitative estimate of drug-likeness (QED) is 0.700. The van der Waals surface area contributed by atoms with Crippen LogP contribution >= 0.6 is 11.6 Å². The number of carbonyl (C=O) groups is 1. The summed E-state index contributed by atoms with van der Waals surface area (Å²) in [7, 11) is 0. The van der Waals surface area contributed by atoms with Crippen molar-refractivity contribution < 1.29 is 9.18 Å². The highest BCUT2D eigenvalue weighted by Crippen LogP contribution is 2.13. The van der Waals surface area contributed by atoms with Crippen LogP contribution in [0, 0.1) is 12.7 Å². The van der Waals surface area contributed by atoms with E-state index in [4.69, 9.17) is 11.6 Å². The molecular formula is C14H11ClFN7O. The Kier molecular flexibility index (Phi) is 4.34. The van der Waals surface area contributed by atoms with Gasteiger partial charge >= 0.3 is 0 Å². The molecule has 10 heteroatoms. The summed E-state index contributed by atoms with van der Waals surface area (Å²) in [6.07, 6.45) is 0. The highest BCUT2D eigenvalue weighted by molar-refractivity contribution is 6.29. The van der Waals surface area contributed by atoms with Gasteiger partial charge in [-0.05, 0) is 43.3 Å². The van der Waals surface area contributed by atoms with Gasteiger partial charge in [-0.2, -0.15) is 0 Å². The minimum atomic E-state index is -0.502. The number of hydrogen-bond donors (Lipinski definition) is 2. The number of anilines is 1. The number of hydrazine groups is 1. The summed E-state index contributed by atoms with van der Waals surface area (Å²) in [5.74, 6) is -0.545. The first-order valence-corrected chi connectivity index (χ1v) is 7.16. The highest BCUT2D eigenvalue weighted by atomic mass is 35.5. The van der Waals surface area contributed by atoms with Crippen LogP contribution < -0.4 is 10.9 Å². The molecule has 0 saturated heterocycles. The lowest BCUT2D eigenvalue weighted by atomic mass is 10.3. The van der Waals surface area contributed by atoms with Crippen LogP contribution in [0.1, 0.15) is 16.2 Å². The van der Waals surface area contributed by atoms with Crippen molar-refractivity contribution in [2.75, 3.05) is 5.43 Å². The number of rotatable bonds is 4. The van der Waals surface area contributed by atoms with Crippen molar-refractivity contribution in [3.05, 3.63) is 58.8 Å². The molecule has 0 atom stereocenters. The third-order valence-corrected chi connectivity index (χ3v) is 3.32. The van der Waals surface area contributed by atoms with E-state index in [9.17, 15) is 9.18 Å². The molecule has 0 aliphatic rings. The summed E-state index contributed by atoms with van der Waals surface area (Å²) in [5, 5.41) is 15.4. The molecule has 0 saturated carbocycles. The van der Waals surface area contributed by atoms with Crippen molar-refractivity contribution >= 4 is 23.3 Å². The predicted octanol–water partition coefficient (Wildman–Crippen LogP) is 1.92. The van der Waals surface area contributed by atoms with Crippen LogP contribution in [0.15, 0.2) is 36.4 Å². The Bertz CT molecular complexity index is 864. The molecule has 3 rings (SSSR count). The van der Waals surface area contributed by atoms with Gasteiger partial charge in [-0.25, -0.2) is 9.07 Å². The van der Waals surface area contributed by atoms with E-state index in [1.807, 2.05) is 0 Å². The van der Waals surface area contributed by atoms with Gasteiger partial charge in [0.25, 0.3) is 5.91 Å². The van der Waals surface area contributed by atoms with E-state index in [0.29, 0.717) is 17.2 Å². The Balaban J connectivity index is 1.74. The fourth-order valence-corrected chi connectivity index (χ4v) is 2.03. The van der Waals surface area contributed by atoms with Crippen LogP contribution in [-0.2, 0) is 0 Å². The molecule has 2 aromatic heterocycles. The molecule has 24 heavy (non-hydrogen) atoms. The van der Waals surface area contributed by atoms with Gasteiger partial charge < -0.3 is 0 Å². The first-order chi connectivity index (χ1) is 11.5. The topological polar surface area (TPSA) is 97.6 Å². The largest absolute Gasteiger partial charge is 0.292 e. The number of nitrogens with zero attached hydrogens (tertiary/aromatic N) is 5. The zero-order valence-electron chi connectivity index (χ0n) is 12.4. The van der Waals surface area contributed by atoms with Crippen molar-refractivity contribution in [3.63, 3.8) is 0 Å². The molecule has 3 aromatic rings. The van der Waals surface area contributed by atoms with E-state index in [1.54, 1.807) is 25.1 Å². The molecule has 0 aliphatic carbocycles. The highest BCUT2D eigenvalue weighted by Gasteiger charge is 2.17. The number of nitrogens with one attached hydrogen (secondary N) is 2. The summed E-state index contributed by atoms with van der Waals surface area (Å²) in [6.45, 7) is 1.68. The third kappa shape index (κ3) is 3.30. The number of halogens is 2. The maximum absolute atomic E-state index is 13.0. The summed E-state index contributed by atoms with van der Waals surface area (Å²) >= 11 is 5.63. The van der Waals surface area contributed by atoms with Crippen LogP contribution in [0.5, 0.6) is 0 Å². The SMILES string of the molecule is Cc1c(C(=O)NNc2ccc(Cl)nn2)nnn1-c1ccc(F)cc1. The van der Waals surface area contributed by atoms with Crippen LogP contribution in [0.4, 0.5) is 10.2 Å². The first kappa shape index (κ1) is 15.8. The van der Waals surface area contributed by atoms with E-state index in [2.05, 4.69) is 31.4 Å². The van der Waals surface area contributed by atoms with E-state index < -0.39 is 5.91 Å². The third-order valence-electron chi connectivity index (χ3n) is 3.12. The fourth-order valence-electron chi connectivity index (χ4n) is 1.93. The monoisotopic (exact) mass is 347 g/mol. The first-order valence-electron chi connectivity index (χ1n) is 6.78. The normalized spacial score (nSPS) is 10.5. The van der Waals surface area contributed by atoms with E-state index in [0.717, 1.165) is 0 Å². The molecule has 0 fully saturated rings. The average Bonchev–Trinajstić information content (AvgIpc) is 2.96. The van der Waals surface area contributed by atoms with Crippen molar-refractivity contribution in [3.8, 4) is 5.69 Å². The standard InChI is InChI=1S/C14H11ClFN7O/c1-8-13(14(24)21-19-12-7-6-11(15)17-18-12)20-22-23(8)10-4-2-9(16)3-5-10/h2-7H,1H3,(H,18,19)(H,21,24). The van der Waals surface area contributed by atoms with Crippen molar-refractivity contribution in [2.24, 2.45) is 0 Å². The minimum Gasteiger partial charge on any atom is -0.280 e. The molecule has 1 aromatic carbocycles. The second kappa shape index (κ2) is 6.59. The Hall–Kier alpha value is -3.07. The van der Waals surface area contributed by atoms with Gasteiger partial charge in [0.05, 0.1) is 11.4 Å². The number of carbonyl (C=O) groups excluding carboxylic acids is 1. The molecule has 0 unspecified atom stereocenters. The molecule has 2 heterocycles. The van der Waals surface area contributed by atoms with Gasteiger partial charge in [0, 0.05) is 0 Å². The number of benzene rings is 1. The summed E-state index contributed by atoms with van der Waals surface area (Å²) < 4.78 is 14.4. The van der Waals surface area contributed by atoms with Crippen molar-refractivity contribution in [2.45, 2.75) is 6.92 Å². The summed E-state index contributed by atoms with van der Waals surface area (Å²) in [6, 6.07) is 8.77. The molecule has 1 amide bonds. The van der Waals surface area contributed by atoms with E-state index in [-0.39, 0.29) is 16.7 Å². The summed E-state index contributed by atoms with van der Waals surface area (Å²) in [4.78, 5) is 12.2. The Morgan fingerprint density at radius 3 is 2.54 bits per heavy atom. The van der Waals surface area contributed by atoms with Crippen LogP contribution in [0.3, 0.4) is 0 Å². The maximum Gasteiger partial charge on any atom is 0.292 e. The fraction of sp³-hybridized carbons (Fsp3) is 0.0714. The lowest BCUT2D eigenvalue weighted by molar-refractivity contribution is 0.0957. The van der Waals surface area contributed by atoms with Crippen LogP contribution in [-0.4, -0.2) is 31.1 Å². The van der Waals surface area contributed by atoms with Gasteiger partial charge in [-0.15, -0.1) is 15.3 Å². The number of aromatic nitrogens is 5. The lowest BCUT2D eigenvalue weighted by Crippen LogP contribution is -2.30. The van der Waals surface area contributed by atoms with Crippen LogP contribution in [0.25, 0.3) is 5.69 Å². The van der Waals surface area contributed by atoms with Gasteiger partial charge in [0.15, 0.2) is 16.7 Å². The Morgan fingerprint density at radius 1 is 1.12 bits per heavy atom. The van der Waals surface area contributed by atoms with Gasteiger partial charge in [0.1, 0.15) is 5.82 Å². The van der Waals surface area contributed by atoms with Crippen molar-refractivity contribution in [1.82, 2.24) is 30.6 Å². The van der Waals surface area contributed by atoms with Gasteiger partial charge in [0.2, 0.25) is 0 Å². The smallest absolute Gasteiger partial charge is 0.280 e. The number of hydrogen-bond acceptors (Lipinski definition) is 6. The molecule has 122 valence electrons. The minimum absolute atomic E-state index is 0.119. The molecule has 0 radical (unpaired) electrons. The van der Waals surface area contributed by atoms with E-state index in [1.165, 1.54) is 22.9 Å². The molecule has 0 aliphatic heterocycles. The second-order valence-corrected chi connectivity index (χ2v) is 5.12. The molecule has 0 spiro atoms. The molecular weight excluding hydrogens is 337 g/mol. The second-order valence-electron chi connectivity index (χ2n) is 4.73. The summed E-state index contributed by atoms with van der Waals surface area (Å²) in [5.41, 5.74) is 6.25. The van der Waals surface area contributed by atoms with Crippen LogP contribution in [0.2, 0.25) is 5.15 Å². The zero-order chi connectivity index (χ0) is 17.1. The lowest BCUT2D eigenvalue weighted by Gasteiger charge is -2.06. The Labute approximate surface area is 140 Å². The molecule has 2 N–H and O–H groups in total. The molecule has 8 nitrogen and oxygen atoms in total.